The summed E-state index contributed by atoms with van der Waals surface area (Å²) in [5, 5.41) is 17.5. The highest BCUT2D eigenvalue weighted by atomic mass is 32.3. The van der Waals surface area contributed by atoms with Gasteiger partial charge in [-0.25, -0.2) is 0 Å². The molecule has 3 nitrogen and oxygen atoms in total. The van der Waals surface area contributed by atoms with Gasteiger partial charge in [0.15, 0.2) is 0 Å². The van der Waals surface area contributed by atoms with Crippen LogP contribution in [0.25, 0.3) is 0 Å². The topological polar surface area (TPSA) is 50.8 Å². The zero-order valence-corrected chi connectivity index (χ0v) is 8.10. The molecule has 4 heteroatoms. The van der Waals surface area contributed by atoms with Gasteiger partial charge < -0.3 is 0 Å². The van der Waals surface area contributed by atoms with Gasteiger partial charge in [-0.15, -0.1) is 10.2 Å². The van der Waals surface area contributed by atoms with E-state index in [0.717, 1.165) is 17.3 Å². The first-order chi connectivity index (χ1) is 5.79. The third kappa shape index (κ3) is 1.35. The molecular weight excluding hydrogens is 170 g/mol. The van der Waals surface area contributed by atoms with E-state index in [2.05, 4.69) is 6.92 Å². The van der Waals surface area contributed by atoms with Gasteiger partial charge in [-0.05, 0) is 30.1 Å². The molecule has 0 aromatic heterocycles. The van der Waals surface area contributed by atoms with Crippen LogP contribution in [0, 0.1) is 22.9 Å². The molecule has 0 aromatic rings. The van der Waals surface area contributed by atoms with Gasteiger partial charge in [0.25, 0.3) is 0 Å². The molecule has 0 N–H and O–H groups in total. The third-order valence-electron chi connectivity index (χ3n) is 2.40. The minimum absolute atomic E-state index is 0.980. The van der Waals surface area contributed by atoms with Crippen LogP contribution in [0.15, 0.2) is 0 Å². The van der Waals surface area contributed by atoms with Crippen molar-refractivity contribution in [1.82, 2.24) is 4.31 Å². The predicted molar refractivity (Wildman–Crippen MR) is 50.2 cm³/mol. The van der Waals surface area contributed by atoms with Gasteiger partial charge in [-0.2, -0.15) is 14.8 Å². The SMILES string of the molecule is CCS1(N(C#N)C#N)CCCC1. The number of hydrogen-bond acceptors (Lipinski definition) is 3. The van der Waals surface area contributed by atoms with Gasteiger partial charge in [-0.3, -0.25) is 0 Å². The first-order valence-corrected chi connectivity index (χ1v) is 6.25. The van der Waals surface area contributed by atoms with Crippen LogP contribution >= 0.6 is 10.2 Å². The number of nitrogens with zero attached hydrogens (tertiary/aromatic N) is 3. The Balaban J connectivity index is 2.80. The second-order valence-corrected chi connectivity index (χ2v) is 6.66. The highest BCUT2D eigenvalue weighted by Gasteiger charge is 2.32. The molecule has 12 heavy (non-hydrogen) atoms. The van der Waals surface area contributed by atoms with Gasteiger partial charge >= 0.3 is 0 Å². The molecule has 0 bridgehead atoms. The maximum Gasteiger partial charge on any atom is 0.203 e. The van der Waals surface area contributed by atoms with E-state index in [-0.39, 0.29) is 0 Å². The monoisotopic (exact) mass is 183 g/mol. The highest BCUT2D eigenvalue weighted by Crippen LogP contribution is 2.55. The summed E-state index contributed by atoms with van der Waals surface area (Å²) in [4.78, 5) is 0. The summed E-state index contributed by atoms with van der Waals surface area (Å²) in [6.45, 7) is 2.09. The first-order valence-electron chi connectivity index (χ1n) is 4.15. The molecule has 0 saturated carbocycles. The maximum absolute atomic E-state index is 8.76. The second-order valence-electron chi connectivity index (χ2n) is 2.90. The first kappa shape index (κ1) is 9.22. The average Bonchev–Trinajstić information content (AvgIpc) is 2.56. The highest BCUT2D eigenvalue weighted by molar-refractivity contribution is 8.32. The lowest BCUT2D eigenvalue weighted by molar-refractivity contribution is 0.865. The molecule has 0 aliphatic carbocycles. The predicted octanol–water partition coefficient (Wildman–Crippen LogP) is 1.78. The molecule has 0 atom stereocenters. The van der Waals surface area contributed by atoms with Crippen LogP contribution in [-0.4, -0.2) is 21.6 Å². The smallest absolute Gasteiger partial charge is 0.174 e. The Hall–Kier alpha value is -0.870. The van der Waals surface area contributed by atoms with Gasteiger partial charge in [-0.1, -0.05) is 6.92 Å². The van der Waals surface area contributed by atoms with Gasteiger partial charge in [0.2, 0.25) is 12.4 Å². The van der Waals surface area contributed by atoms with Crippen molar-refractivity contribution in [3.05, 3.63) is 0 Å². The molecular formula is C8H13N3S. The lowest BCUT2D eigenvalue weighted by atomic mass is 10.4. The van der Waals surface area contributed by atoms with Crippen molar-refractivity contribution in [2.75, 3.05) is 17.3 Å². The summed E-state index contributed by atoms with van der Waals surface area (Å²) >= 11 is 0. The van der Waals surface area contributed by atoms with Gasteiger partial charge in [0.1, 0.15) is 0 Å². The van der Waals surface area contributed by atoms with Gasteiger partial charge in [0, 0.05) is 0 Å². The van der Waals surface area contributed by atoms with Crippen LogP contribution in [0.2, 0.25) is 0 Å². The molecule has 0 amide bonds. The summed E-state index contributed by atoms with van der Waals surface area (Å²) in [5.41, 5.74) is 0. The fraction of sp³-hybridized carbons (Fsp3) is 0.750. The van der Waals surface area contributed by atoms with E-state index in [9.17, 15) is 0 Å². The fourth-order valence-electron chi connectivity index (χ4n) is 1.64. The normalized spacial score (nSPS) is 22.2. The Morgan fingerprint density at radius 2 is 1.75 bits per heavy atom. The molecule has 0 radical (unpaired) electrons. The van der Waals surface area contributed by atoms with E-state index in [1.54, 1.807) is 0 Å². The summed E-state index contributed by atoms with van der Waals surface area (Å²) in [6, 6.07) is 0. The van der Waals surface area contributed by atoms with Crippen LogP contribution < -0.4 is 0 Å². The van der Waals surface area contributed by atoms with Crippen molar-refractivity contribution in [2.24, 2.45) is 0 Å². The average molecular weight is 183 g/mol. The van der Waals surface area contributed by atoms with Crippen LogP contribution in [-0.2, 0) is 0 Å². The standard InChI is InChI=1S/C8H13N3S/c1-2-12(5-3-4-6-12)11(7-9)8-10/h2-6H2,1H3. The lowest BCUT2D eigenvalue weighted by Gasteiger charge is -2.36. The summed E-state index contributed by atoms with van der Waals surface area (Å²) in [7, 11) is -1.03. The molecule has 1 aliphatic rings. The van der Waals surface area contributed by atoms with Crippen molar-refractivity contribution in [3.8, 4) is 12.4 Å². The van der Waals surface area contributed by atoms with E-state index in [1.807, 2.05) is 12.4 Å². The Bertz CT molecular complexity index is 218. The lowest BCUT2D eigenvalue weighted by Crippen LogP contribution is -2.22. The van der Waals surface area contributed by atoms with Gasteiger partial charge in [0.05, 0.1) is 0 Å². The van der Waals surface area contributed by atoms with Crippen LogP contribution in [0.5, 0.6) is 0 Å². The largest absolute Gasteiger partial charge is 0.203 e. The maximum atomic E-state index is 8.76. The molecule has 0 aromatic carbocycles. The molecule has 0 unspecified atom stereocenters. The number of hydrogen-bond donors (Lipinski definition) is 0. The zero-order chi connectivity index (χ0) is 9.03. The van der Waals surface area contributed by atoms with Crippen LogP contribution in [0.4, 0.5) is 0 Å². The van der Waals surface area contributed by atoms with E-state index >= 15 is 0 Å². The Labute approximate surface area is 75.0 Å². The quantitative estimate of drug-likeness (QED) is 0.484. The Morgan fingerprint density at radius 3 is 2.08 bits per heavy atom. The number of rotatable bonds is 2. The van der Waals surface area contributed by atoms with Crippen LogP contribution in [0.1, 0.15) is 19.8 Å². The van der Waals surface area contributed by atoms with Crippen molar-refractivity contribution in [1.29, 1.82) is 10.5 Å². The Kier molecular flexibility index (Phi) is 2.83. The molecule has 0 spiro atoms. The zero-order valence-electron chi connectivity index (χ0n) is 7.29. The molecule has 66 valence electrons. The van der Waals surface area contributed by atoms with E-state index < -0.39 is 10.2 Å². The summed E-state index contributed by atoms with van der Waals surface area (Å²) < 4.78 is 1.36. The summed E-state index contributed by atoms with van der Waals surface area (Å²) in [5.74, 6) is 3.13. The minimum Gasteiger partial charge on any atom is -0.174 e. The van der Waals surface area contributed by atoms with Crippen molar-refractivity contribution < 1.29 is 0 Å². The second kappa shape index (κ2) is 3.69. The molecule has 1 saturated heterocycles. The Morgan fingerprint density at radius 1 is 1.25 bits per heavy atom. The molecule has 1 fully saturated rings. The van der Waals surface area contributed by atoms with Crippen molar-refractivity contribution in [2.45, 2.75) is 19.8 Å². The van der Waals surface area contributed by atoms with E-state index in [1.165, 1.54) is 17.1 Å². The molecule has 1 aliphatic heterocycles. The van der Waals surface area contributed by atoms with Crippen molar-refractivity contribution >= 4 is 10.2 Å². The minimum atomic E-state index is -1.03. The molecule has 1 heterocycles. The summed E-state index contributed by atoms with van der Waals surface area (Å²) in [6.07, 6.45) is 6.36. The third-order valence-corrected chi connectivity index (χ3v) is 6.51. The molecule has 1 rings (SSSR count). The number of nitriles is 2. The van der Waals surface area contributed by atoms with E-state index in [0.29, 0.717) is 0 Å². The van der Waals surface area contributed by atoms with E-state index in [4.69, 9.17) is 10.5 Å². The fourth-order valence-corrected chi connectivity index (χ4v) is 4.87. The van der Waals surface area contributed by atoms with Crippen LogP contribution in [0.3, 0.4) is 0 Å². The van der Waals surface area contributed by atoms with Crippen molar-refractivity contribution in [3.63, 3.8) is 0 Å².